The lowest BCUT2D eigenvalue weighted by molar-refractivity contribution is -0.568. The van der Waals surface area contributed by atoms with E-state index in [1.807, 2.05) is 30.3 Å². The summed E-state index contributed by atoms with van der Waals surface area (Å²) >= 11 is 0. The third-order valence-electron chi connectivity index (χ3n) is 5.24. The van der Waals surface area contributed by atoms with Crippen LogP contribution in [-0.2, 0) is 6.42 Å². The van der Waals surface area contributed by atoms with Gasteiger partial charge >= 0.3 is 0 Å². The number of rotatable bonds is 1. The van der Waals surface area contributed by atoms with Gasteiger partial charge in [-0.3, -0.25) is 0 Å². The fourth-order valence-electron chi connectivity index (χ4n) is 4.01. The van der Waals surface area contributed by atoms with Crippen molar-refractivity contribution < 1.29 is 14.1 Å². The molecule has 128 valence electrons. The number of aromatic nitrogens is 3. The van der Waals surface area contributed by atoms with Crippen LogP contribution in [-0.4, -0.2) is 10.3 Å². The Morgan fingerprint density at radius 1 is 0.889 bits per heavy atom. The van der Waals surface area contributed by atoms with Gasteiger partial charge in [0.05, 0.1) is 5.27 Å². The lowest BCUT2D eigenvalue weighted by Gasteiger charge is -2.05. The van der Waals surface area contributed by atoms with Crippen molar-refractivity contribution in [3.63, 3.8) is 0 Å². The molecule has 6 rings (SSSR count). The highest BCUT2D eigenvalue weighted by Gasteiger charge is 2.24. The van der Waals surface area contributed by atoms with Crippen molar-refractivity contribution in [2.75, 3.05) is 0 Å². The first-order valence-electron chi connectivity index (χ1n) is 8.79. The van der Waals surface area contributed by atoms with Crippen LogP contribution >= 0.6 is 0 Å². The first kappa shape index (κ1) is 14.4. The summed E-state index contributed by atoms with van der Waals surface area (Å²) in [4.78, 5) is 4.76. The Labute approximate surface area is 154 Å². The molecule has 1 aliphatic rings. The van der Waals surface area contributed by atoms with Gasteiger partial charge in [-0.05, 0) is 45.3 Å². The van der Waals surface area contributed by atoms with E-state index < -0.39 is 5.95 Å². The van der Waals surface area contributed by atoms with E-state index in [1.54, 1.807) is 4.52 Å². The van der Waals surface area contributed by atoms with E-state index in [9.17, 15) is 5.11 Å². The first-order valence-corrected chi connectivity index (χ1v) is 8.79. The predicted octanol–water partition coefficient (Wildman–Crippen LogP) is 3.27. The van der Waals surface area contributed by atoms with Crippen LogP contribution in [0.2, 0.25) is 0 Å². The number of hydrogen-bond donors (Lipinski definition) is 0. The molecule has 0 amide bonds. The minimum atomic E-state index is -0.480. The SMILES string of the molecule is [O-]c1on[n+]2c1c(-c1ccc3c(c1)Cc1ccccc1-3)nc1ccccc12. The Morgan fingerprint density at radius 3 is 2.67 bits per heavy atom. The minimum Gasteiger partial charge on any atom is -0.539 e. The molecule has 0 saturated carbocycles. The molecule has 1 aliphatic carbocycles. The van der Waals surface area contributed by atoms with E-state index in [2.05, 4.69) is 41.7 Å². The molecule has 2 heterocycles. The van der Waals surface area contributed by atoms with Gasteiger partial charge in [0, 0.05) is 11.6 Å². The second-order valence-electron chi connectivity index (χ2n) is 6.78. The van der Waals surface area contributed by atoms with E-state index in [0.717, 1.165) is 23.0 Å². The molecule has 5 heteroatoms. The Bertz CT molecular complexity index is 1370. The summed E-state index contributed by atoms with van der Waals surface area (Å²) in [6.45, 7) is 0. The minimum absolute atomic E-state index is 0.365. The molecule has 0 aliphatic heterocycles. The largest absolute Gasteiger partial charge is 0.539 e. The highest BCUT2D eigenvalue weighted by molar-refractivity contribution is 5.86. The molecule has 0 spiro atoms. The van der Waals surface area contributed by atoms with Gasteiger partial charge in [-0.2, -0.15) is 0 Å². The average molecular weight is 351 g/mol. The number of hydrogen-bond acceptors (Lipinski definition) is 4. The number of para-hydroxylation sites is 2. The second-order valence-corrected chi connectivity index (χ2v) is 6.78. The highest BCUT2D eigenvalue weighted by atomic mass is 16.6. The Balaban J connectivity index is 1.62. The van der Waals surface area contributed by atoms with Crippen molar-refractivity contribution in [1.29, 1.82) is 0 Å². The van der Waals surface area contributed by atoms with Gasteiger partial charge in [0.15, 0.2) is 5.95 Å². The van der Waals surface area contributed by atoms with Crippen LogP contribution < -0.4 is 9.62 Å². The smallest absolute Gasteiger partial charge is 0.289 e. The summed E-state index contributed by atoms with van der Waals surface area (Å²) in [6, 6.07) is 22.3. The maximum atomic E-state index is 12.3. The fourth-order valence-corrected chi connectivity index (χ4v) is 4.01. The number of fused-ring (bicyclic) bond motifs is 6. The van der Waals surface area contributed by atoms with E-state index in [1.165, 1.54) is 22.3 Å². The van der Waals surface area contributed by atoms with Crippen molar-refractivity contribution in [3.05, 3.63) is 77.9 Å². The predicted molar refractivity (Wildman–Crippen MR) is 98.1 cm³/mol. The van der Waals surface area contributed by atoms with Crippen molar-refractivity contribution >= 4 is 16.6 Å². The number of benzene rings is 3. The summed E-state index contributed by atoms with van der Waals surface area (Å²) in [6.07, 6.45) is 0.886. The Hall–Kier alpha value is -3.73. The van der Waals surface area contributed by atoms with Crippen LogP contribution in [0.3, 0.4) is 0 Å². The van der Waals surface area contributed by atoms with Gasteiger partial charge in [0.2, 0.25) is 0 Å². The van der Waals surface area contributed by atoms with Crippen LogP contribution in [0, 0.1) is 0 Å². The molecule has 0 N–H and O–H groups in total. The van der Waals surface area contributed by atoms with Crippen molar-refractivity contribution in [2.24, 2.45) is 0 Å². The quantitative estimate of drug-likeness (QED) is 0.427. The molecule has 0 radical (unpaired) electrons. The summed E-state index contributed by atoms with van der Waals surface area (Å²) in [5, 5.41) is 16.3. The fraction of sp³-hybridized carbons (Fsp3) is 0.0455. The Kier molecular flexibility index (Phi) is 2.75. The van der Waals surface area contributed by atoms with E-state index in [-0.39, 0.29) is 0 Å². The van der Waals surface area contributed by atoms with Gasteiger partial charge in [-0.15, -0.1) is 0 Å². The van der Waals surface area contributed by atoms with Crippen molar-refractivity contribution in [1.82, 2.24) is 10.3 Å². The van der Waals surface area contributed by atoms with Crippen LogP contribution in [0.4, 0.5) is 0 Å². The van der Waals surface area contributed by atoms with Gasteiger partial charge in [0.1, 0.15) is 11.2 Å². The molecule has 0 unspecified atom stereocenters. The van der Waals surface area contributed by atoms with Gasteiger partial charge in [-0.25, -0.2) is 4.98 Å². The van der Waals surface area contributed by atoms with Gasteiger partial charge in [-0.1, -0.05) is 48.5 Å². The molecule has 0 fully saturated rings. The van der Waals surface area contributed by atoms with Gasteiger partial charge in [0.25, 0.3) is 11.0 Å². The standard InChI is InChI=1S/C22H13N3O2/c26-22-21-20(23-18-7-3-4-8-19(18)25(21)24-27-22)14-9-10-17-15(12-14)11-13-5-1-2-6-16(13)17/h1-10,12H,11H2. The van der Waals surface area contributed by atoms with Gasteiger partial charge < -0.3 is 9.63 Å². The molecule has 0 saturated heterocycles. The van der Waals surface area contributed by atoms with Crippen molar-refractivity contribution in [2.45, 2.75) is 6.42 Å². The summed E-state index contributed by atoms with van der Waals surface area (Å²) < 4.78 is 6.49. The monoisotopic (exact) mass is 351 g/mol. The Morgan fingerprint density at radius 2 is 1.70 bits per heavy atom. The van der Waals surface area contributed by atoms with E-state index in [4.69, 9.17) is 9.51 Å². The van der Waals surface area contributed by atoms with Crippen LogP contribution in [0.1, 0.15) is 11.1 Å². The van der Waals surface area contributed by atoms with Crippen LogP contribution in [0.25, 0.3) is 38.9 Å². The molecule has 0 atom stereocenters. The molecular weight excluding hydrogens is 338 g/mol. The molecule has 0 bridgehead atoms. The molecular formula is C22H13N3O2. The zero-order valence-electron chi connectivity index (χ0n) is 14.2. The topological polar surface area (TPSA) is 66.1 Å². The first-order chi connectivity index (χ1) is 13.3. The molecule has 27 heavy (non-hydrogen) atoms. The summed E-state index contributed by atoms with van der Waals surface area (Å²) in [5.41, 5.74) is 8.45. The molecule has 5 aromatic rings. The zero-order chi connectivity index (χ0) is 18.0. The summed E-state index contributed by atoms with van der Waals surface area (Å²) in [5.74, 6) is -0.480. The van der Waals surface area contributed by atoms with Crippen molar-refractivity contribution in [3.8, 4) is 28.3 Å². The molecule has 5 nitrogen and oxygen atoms in total. The maximum absolute atomic E-state index is 12.3. The third kappa shape index (κ3) is 1.96. The molecule has 2 aromatic heterocycles. The maximum Gasteiger partial charge on any atom is 0.289 e. The second kappa shape index (κ2) is 5.14. The van der Waals surface area contributed by atoms with Crippen LogP contribution in [0.5, 0.6) is 5.95 Å². The summed E-state index contributed by atoms with van der Waals surface area (Å²) in [7, 11) is 0. The average Bonchev–Trinajstić information content (AvgIpc) is 3.28. The normalized spacial score (nSPS) is 12.4. The van der Waals surface area contributed by atoms with Crippen LogP contribution in [0.15, 0.2) is 71.3 Å². The lowest BCUT2D eigenvalue weighted by Crippen LogP contribution is -2.25. The number of nitrogens with zero attached hydrogens (tertiary/aromatic N) is 3. The third-order valence-corrected chi connectivity index (χ3v) is 5.24. The van der Waals surface area contributed by atoms with E-state index >= 15 is 0 Å². The zero-order valence-corrected chi connectivity index (χ0v) is 14.2. The lowest BCUT2D eigenvalue weighted by atomic mass is 10.0. The molecule has 3 aromatic carbocycles. The van der Waals surface area contributed by atoms with E-state index in [0.29, 0.717) is 11.2 Å². The highest BCUT2D eigenvalue weighted by Crippen LogP contribution is 2.39.